The third-order valence-electron chi connectivity index (χ3n) is 1.28. The van der Waals surface area contributed by atoms with Crippen LogP contribution in [0.2, 0.25) is 0 Å². The first-order valence-corrected chi connectivity index (χ1v) is 3.45. The summed E-state index contributed by atoms with van der Waals surface area (Å²) in [5.74, 6) is 0. The Hall–Kier alpha value is -1.40. The van der Waals surface area contributed by atoms with Crippen LogP contribution in [0, 0.1) is 11.3 Å². The molecule has 1 aromatic rings. The van der Waals surface area contributed by atoms with Crippen LogP contribution in [0.3, 0.4) is 0 Å². The molecule has 2 N–H and O–H groups in total. The zero-order chi connectivity index (χ0) is 8.27. The lowest BCUT2D eigenvalue weighted by atomic mass is 10.1. The van der Waals surface area contributed by atoms with Crippen LogP contribution in [0.15, 0.2) is 24.3 Å². The van der Waals surface area contributed by atoms with Crippen LogP contribution in [-0.4, -0.2) is 4.99 Å². The molecule has 1 rings (SSSR count). The molecule has 0 aliphatic heterocycles. The maximum absolute atomic E-state index is 8.51. The van der Waals surface area contributed by atoms with E-state index in [1.165, 1.54) is 0 Å². The number of nitrogens with zero attached hydrogens (tertiary/aromatic N) is 1. The normalized spacial score (nSPS) is 8.64. The van der Waals surface area contributed by atoms with Gasteiger partial charge in [0.2, 0.25) is 0 Å². The van der Waals surface area contributed by atoms with Gasteiger partial charge in [-0.3, -0.25) is 0 Å². The first kappa shape index (κ1) is 7.70. The maximum Gasteiger partial charge on any atom is 0.104 e. The largest absolute Gasteiger partial charge is 0.389 e. The van der Waals surface area contributed by atoms with E-state index in [0.29, 0.717) is 10.6 Å². The molecule has 0 aliphatic rings. The molecule has 0 fully saturated rings. The molecule has 0 saturated heterocycles. The van der Waals surface area contributed by atoms with Crippen LogP contribution in [-0.2, 0) is 0 Å². The predicted molar refractivity (Wildman–Crippen MR) is 47.0 cm³/mol. The average Bonchev–Trinajstić information content (AvgIpc) is 2.05. The number of rotatable bonds is 1. The van der Waals surface area contributed by atoms with E-state index in [1.807, 2.05) is 6.07 Å². The van der Waals surface area contributed by atoms with Gasteiger partial charge in [-0.2, -0.15) is 5.26 Å². The second kappa shape index (κ2) is 3.13. The van der Waals surface area contributed by atoms with E-state index in [-0.39, 0.29) is 0 Å². The van der Waals surface area contributed by atoms with Gasteiger partial charge in [0.1, 0.15) is 4.99 Å². The monoisotopic (exact) mass is 162 g/mol. The van der Waals surface area contributed by atoms with E-state index < -0.39 is 0 Å². The van der Waals surface area contributed by atoms with Crippen molar-refractivity contribution < 1.29 is 0 Å². The Labute approximate surface area is 70.3 Å². The summed E-state index contributed by atoms with van der Waals surface area (Å²) in [6, 6.07) is 8.92. The Morgan fingerprint density at radius 3 is 2.82 bits per heavy atom. The van der Waals surface area contributed by atoms with Crippen LogP contribution in [0.5, 0.6) is 0 Å². The van der Waals surface area contributed by atoms with Gasteiger partial charge in [0.25, 0.3) is 0 Å². The van der Waals surface area contributed by atoms with E-state index in [2.05, 4.69) is 0 Å². The molecule has 0 aliphatic carbocycles. The maximum atomic E-state index is 8.51. The summed E-state index contributed by atoms with van der Waals surface area (Å²) in [6.45, 7) is 0. The topological polar surface area (TPSA) is 49.8 Å². The molecule has 0 saturated carbocycles. The van der Waals surface area contributed by atoms with Crippen LogP contribution in [0.25, 0.3) is 0 Å². The summed E-state index contributed by atoms with van der Waals surface area (Å²) in [5.41, 5.74) is 6.67. The average molecular weight is 162 g/mol. The molecule has 11 heavy (non-hydrogen) atoms. The smallest absolute Gasteiger partial charge is 0.104 e. The molecule has 0 atom stereocenters. The molecular weight excluding hydrogens is 156 g/mol. The van der Waals surface area contributed by atoms with Gasteiger partial charge in [-0.05, 0) is 12.1 Å². The quantitative estimate of drug-likeness (QED) is 0.631. The fourth-order valence-corrected chi connectivity index (χ4v) is 0.869. The lowest BCUT2D eigenvalue weighted by Gasteiger charge is -1.95. The van der Waals surface area contributed by atoms with E-state index in [1.54, 1.807) is 24.3 Å². The molecular formula is C8H6N2S. The second-order valence-electron chi connectivity index (χ2n) is 2.06. The predicted octanol–water partition coefficient (Wildman–Crippen LogP) is 1.19. The Balaban J connectivity index is 3.13. The SMILES string of the molecule is N#Cc1cccc(C(N)=S)c1. The second-order valence-corrected chi connectivity index (χ2v) is 2.50. The fourth-order valence-electron chi connectivity index (χ4n) is 0.742. The standard InChI is InChI=1S/C8H6N2S/c9-5-6-2-1-3-7(4-6)8(10)11/h1-4H,(H2,10,11). The number of thiocarbonyl (C=S) groups is 1. The van der Waals surface area contributed by atoms with E-state index in [9.17, 15) is 0 Å². The van der Waals surface area contributed by atoms with Crippen LogP contribution in [0.4, 0.5) is 0 Å². The van der Waals surface area contributed by atoms with Gasteiger partial charge >= 0.3 is 0 Å². The Morgan fingerprint density at radius 1 is 1.55 bits per heavy atom. The molecule has 54 valence electrons. The molecule has 3 heteroatoms. The highest BCUT2D eigenvalue weighted by molar-refractivity contribution is 7.80. The van der Waals surface area contributed by atoms with Crippen molar-refractivity contribution in [1.29, 1.82) is 5.26 Å². The minimum Gasteiger partial charge on any atom is -0.389 e. The first-order chi connectivity index (χ1) is 5.24. The minimum absolute atomic E-state index is 0.321. The minimum atomic E-state index is 0.321. The summed E-state index contributed by atoms with van der Waals surface area (Å²) in [5, 5.41) is 8.51. The molecule has 0 radical (unpaired) electrons. The number of nitrogens with two attached hydrogens (primary N) is 1. The van der Waals surface area contributed by atoms with Gasteiger partial charge in [0, 0.05) is 5.56 Å². The van der Waals surface area contributed by atoms with Gasteiger partial charge < -0.3 is 5.73 Å². The van der Waals surface area contributed by atoms with Crippen LogP contribution >= 0.6 is 12.2 Å². The highest BCUT2D eigenvalue weighted by atomic mass is 32.1. The van der Waals surface area contributed by atoms with Gasteiger partial charge in [-0.15, -0.1) is 0 Å². The summed E-state index contributed by atoms with van der Waals surface area (Å²) < 4.78 is 0. The molecule has 0 amide bonds. The summed E-state index contributed by atoms with van der Waals surface area (Å²) >= 11 is 4.74. The molecule has 0 unspecified atom stereocenters. The number of nitriles is 1. The van der Waals surface area contributed by atoms with Crippen molar-refractivity contribution in [3.05, 3.63) is 35.4 Å². The van der Waals surface area contributed by atoms with Crippen molar-refractivity contribution in [3.63, 3.8) is 0 Å². The number of hydrogen-bond acceptors (Lipinski definition) is 2. The van der Waals surface area contributed by atoms with Gasteiger partial charge in [-0.25, -0.2) is 0 Å². The Kier molecular flexibility index (Phi) is 2.19. The number of benzene rings is 1. The van der Waals surface area contributed by atoms with Crippen molar-refractivity contribution in [1.82, 2.24) is 0 Å². The highest BCUT2D eigenvalue weighted by Crippen LogP contribution is 2.02. The Morgan fingerprint density at radius 2 is 2.27 bits per heavy atom. The summed E-state index contributed by atoms with van der Waals surface area (Å²) in [4.78, 5) is 0.321. The van der Waals surface area contributed by atoms with E-state index in [4.69, 9.17) is 23.2 Å². The first-order valence-electron chi connectivity index (χ1n) is 3.04. The molecule has 0 aromatic heterocycles. The summed E-state index contributed by atoms with van der Waals surface area (Å²) in [6.07, 6.45) is 0. The van der Waals surface area contributed by atoms with Crippen molar-refractivity contribution in [3.8, 4) is 6.07 Å². The molecule has 1 aromatic carbocycles. The molecule has 2 nitrogen and oxygen atoms in total. The van der Waals surface area contributed by atoms with Gasteiger partial charge in [0.15, 0.2) is 0 Å². The molecule has 0 spiro atoms. The molecule has 0 heterocycles. The summed E-state index contributed by atoms with van der Waals surface area (Å²) in [7, 11) is 0. The van der Waals surface area contributed by atoms with E-state index in [0.717, 1.165) is 5.56 Å². The van der Waals surface area contributed by atoms with Crippen molar-refractivity contribution >= 4 is 17.2 Å². The lowest BCUT2D eigenvalue weighted by Crippen LogP contribution is -2.08. The fraction of sp³-hybridized carbons (Fsp3) is 0. The third kappa shape index (κ3) is 1.76. The van der Waals surface area contributed by atoms with Crippen molar-refractivity contribution in [2.75, 3.05) is 0 Å². The number of hydrogen-bond donors (Lipinski definition) is 1. The zero-order valence-electron chi connectivity index (χ0n) is 5.74. The van der Waals surface area contributed by atoms with Gasteiger partial charge in [0.05, 0.1) is 11.6 Å². The zero-order valence-corrected chi connectivity index (χ0v) is 6.56. The van der Waals surface area contributed by atoms with E-state index >= 15 is 0 Å². The van der Waals surface area contributed by atoms with Crippen LogP contribution < -0.4 is 5.73 Å². The highest BCUT2D eigenvalue weighted by Gasteiger charge is 1.95. The Bertz CT molecular complexity index is 325. The van der Waals surface area contributed by atoms with Gasteiger partial charge in [-0.1, -0.05) is 24.4 Å². The lowest BCUT2D eigenvalue weighted by molar-refractivity contribution is 1.48. The molecule has 0 bridgehead atoms. The van der Waals surface area contributed by atoms with Crippen molar-refractivity contribution in [2.45, 2.75) is 0 Å². The van der Waals surface area contributed by atoms with Crippen molar-refractivity contribution in [2.24, 2.45) is 5.73 Å². The third-order valence-corrected chi connectivity index (χ3v) is 1.51. The van der Waals surface area contributed by atoms with Crippen LogP contribution in [0.1, 0.15) is 11.1 Å².